The number of benzene rings is 3. The highest BCUT2D eigenvalue weighted by molar-refractivity contribution is 7.86. The van der Waals surface area contributed by atoms with Gasteiger partial charge >= 0.3 is 0 Å². The van der Waals surface area contributed by atoms with E-state index in [1.165, 1.54) is 51.4 Å². The van der Waals surface area contributed by atoms with Crippen molar-refractivity contribution in [3.05, 3.63) is 81.1 Å². The molecule has 3 aromatic carbocycles. The van der Waals surface area contributed by atoms with Crippen LogP contribution < -0.4 is 10.8 Å². The van der Waals surface area contributed by atoms with Crippen LogP contribution in [0.25, 0.3) is 44.6 Å². The van der Waals surface area contributed by atoms with Crippen molar-refractivity contribution in [2.75, 3.05) is 0 Å². The van der Waals surface area contributed by atoms with Crippen LogP contribution in [0.1, 0.15) is 34.1 Å². The van der Waals surface area contributed by atoms with Gasteiger partial charge in [-0.05, 0) is 60.5 Å². The molecule has 0 radical (unpaired) electrons. The number of hydrogen-bond acceptors (Lipinski definition) is 8. The van der Waals surface area contributed by atoms with E-state index in [9.17, 15) is 35.5 Å². The van der Waals surface area contributed by atoms with Crippen LogP contribution in [-0.2, 0) is 20.2 Å². The highest BCUT2D eigenvalue weighted by atomic mass is 32.2. The lowest BCUT2D eigenvalue weighted by atomic mass is 9.80. The van der Waals surface area contributed by atoms with Gasteiger partial charge in [-0.3, -0.25) is 27.7 Å². The third kappa shape index (κ3) is 2.85. The van der Waals surface area contributed by atoms with Gasteiger partial charge in [0.2, 0.25) is 0 Å². The van der Waals surface area contributed by atoms with Gasteiger partial charge in [0, 0.05) is 27.5 Å². The van der Waals surface area contributed by atoms with E-state index >= 15 is 0 Å². The molecule has 2 aliphatic rings. The van der Waals surface area contributed by atoms with Crippen LogP contribution in [0.5, 0.6) is 0 Å². The smallest absolute Gasteiger partial charge is 0.282 e. The van der Waals surface area contributed by atoms with Crippen molar-refractivity contribution in [2.24, 2.45) is 0 Å². The average molecular weight is 575 g/mol. The first-order valence-electron chi connectivity index (χ1n) is 11.9. The summed E-state index contributed by atoms with van der Waals surface area (Å²) in [5, 5.41) is 1.45. The summed E-state index contributed by atoms with van der Waals surface area (Å²) in [5.74, 6) is -0.500. The van der Waals surface area contributed by atoms with E-state index < -0.39 is 37.6 Å². The van der Waals surface area contributed by atoms with E-state index in [2.05, 4.69) is 9.97 Å². The molecule has 198 valence electrons. The Kier molecular flexibility index (Phi) is 4.19. The van der Waals surface area contributed by atoms with Crippen LogP contribution in [0.2, 0.25) is 0 Å². The highest BCUT2D eigenvalue weighted by Gasteiger charge is 2.37. The van der Waals surface area contributed by atoms with Crippen molar-refractivity contribution in [1.82, 2.24) is 18.9 Å². The third-order valence-electron chi connectivity index (χ3n) is 7.71. The highest BCUT2D eigenvalue weighted by Crippen LogP contribution is 2.42. The molecule has 0 saturated carbocycles. The second-order valence-corrected chi connectivity index (χ2v) is 12.6. The van der Waals surface area contributed by atoms with Gasteiger partial charge in [-0.15, -0.1) is 0 Å². The van der Waals surface area contributed by atoms with Crippen LogP contribution in [0.4, 0.5) is 0 Å². The Hall–Kier alpha value is -4.50. The van der Waals surface area contributed by atoms with Gasteiger partial charge in [0.05, 0.1) is 31.9 Å². The summed E-state index contributed by atoms with van der Waals surface area (Å²) in [6.45, 7) is 0. The first-order valence-corrected chi connectivity index (χ1v) is 14.8. The maximum Gasteiger partial charge on any atom is 0.294 e. The van der Waals surface area contributed by atoms with E-state index in [0.717, 1.165) is 0 Å². The normalized spacial score (nSPS) is 16.6. The number of hydrogen-bond donors (Lipinski definition) is 2. The number of imidazole rings is 2. The number of nitrogens with zero attached hydrogens (tertiary/aromatic N) is 4. The molecule has 12 nitrogen and oxygen atoms in total. The van der Waals surface area contributed by atoms with Gasteiger partial charge in [-0.2, -0.15) is 16.8 Å². The molecule has 3 aromatic heterocycles. The molecule has 2 N–H and O–H groups in total. The Morgan fingerprint density at radius 2 is 1.48 bits per heavy atom. The molecule has 0 amide bonds. The molecule has 1 aliphatic heterocycles. The Balaban J connectivity index is 1.46. The summed E-state index contributed by atoms with van der Waals surface area (Å²) in [5.41, 5.74) is 1.94. The summed E-state index contributed by atoms with van der Waals surface area (Å²) < 4.78 is 68.7. The second kappa shape index (κ2) is 7.17. The average Bonchev–Trinajstić information content (AvgIpc) is 3.48. The molecule has 0 spiro atoms. The SMILES string of the molecule is O=C1c2ccc3c(=O)n4c(nc5ccc(S(=O)(=O)O)cc54)c4c3c2C(CC=4)c2nc3ccc(S(=O)(=O)O)cc3n21. The fourth-order valence-corrected chi connectivity index (χ4v) is 7.05. The van der Waals surface area contributed by atoms with Gasteiger partial charge in [0.15, 0.2) is 0 Å². The molecule has 6 aromatic rings. The van der Waals surface area contributed by atoms with Crippen molar-refractivity contribution in [1.29, 1.82) is 0 Å². The Labute approximate surface area is 223 Å². The van der Waals surface area contributed by atoms with E-state index in [4.69, 9.17) is 0 Å². The van der Waals surface area contributed by atoms with Crippen molar-refractivity contribution >= 4 is 70.7 Å². The number of rotatable bonds is 2. The summed E-state index contributed by atoms with van der Waals surface area (Å²) in [4.78, 5) is 36.1. The minimum absolute atomic E-state index is 0.217. The zero-order valence-electron chi connectivity index (χ0n) is 19.9. The molecule has 4 heterocycles. The van der Waals surface area contributed by atoms with Crippen LogP contribution in [-0.4, -0.2) is 50.8 Å². The van der Waals surface area contributed by atoms with Crippen LogP contribution in [0.3, 0.4) is 0 Å². The quantitative estimate of drug-likeness (QED) is 0.290. The monoisotopic (exact) mass is 574 g/mol. The van der Waals surface area contributed by atoms with Crippen molar-refractivity contribution in [3.8, 4) is 0 Å². The van der Waals surface area contributed by atoms with Gasteiger partial charge in [0.1, 0.15) is 11.5 Å². The van der Waals surface area contributed by atoms with Gasteiger partial charge in [-0.1, -0.05) is 6.08 Å². The predicted molar refractivity (Wildman–Crippen MR) is 142 cm³/mol. The van der Waals surface area contributed by atoms with Crippen molar-refractivity contribution in [3.63, 3.8) is 0 Å². The van der Waals surface area contributed by atoms with Gasteiger partial charge in [0.25, 0.3) is 31.7 Å². The summed E-state index contributed by atoms with van der Waals surface area (Å²) in [6, 6.07) is 10.7. The fourth-order valence-electron chi connectivity index (χ4n) is 6.05. The standard InChI is InChI=1S/C26H14N4O8S2/c31-25-15-5-6-16-22-14(24-28-18-8-2-12(40(36,37)38)10-20(18)30(24)26(16)32)4-3-13(21(15)22)23-27-17-7-1-11(39(33,34)35)9-19(17)29(23)25/h1-3,5-10,14H,4H2,(H,33,34,35)(H,36,37,38). The number of carbonyl (C=O) groups excluding carboxylic acids is 1. The Morgan fingerprint density at radius 1 is 0.825 bits per heavy atom. The lowest BCUT2D eigenvalue weighted by Gasteiger charge is -2.29. The number of fused-ring (bicyclic) bond motifs is 8. The zero-order valence-corrected chi connectivity index (χ0v) is 21.6. The Bertz CT molecular complexity index is 2570. The minimum Gasteiger partial charge on any atom is -0.282 e. The molecular weight excluding hydrogens is 560 g/mol. The van der Waals surface area contributed by atoms with E-state index in [1.54, 1.807) is 6.07 Å². The van der Waals surface area contributed by atoms with Crippen LogP contribution >= 0.6 is 0 Å². The number of aromatic nitrogens is 4. The maximum absolute atomic E-state index is 13.8. The molecule has 14 heteroatoms. The van der Waals surface area contributed by atoms with E-state index in [-0.39, 0.29) is 26.5 Å². The molecule has 8 rings (SSSR count). The van der Waals surface area contributed by atoms with E-state index in [1.807, 2.05) is 6.08 Å². The van der Waals surface area contributed by atoms with Crippen molar-refractivity contribution < 1.29 is 30.7 Å². The fraction of sp³-hybridized carbons (Fsp3) is 0.0769. The molecule has 40 heavy (non-hydrogen) atoms. The molecular formula is C26H14N4O8S2. The largest absolute Gasteiger partial charge is 0.294 e. The topological polar surface area (TPSA) is 178 Å². The number of carbonyl (C=O) groups is 1. The predicted octanol–water partition coefficient (Wildman–Crippen LogP) is 1.88. The summed E-state index contributed by atoms with van der Waals surface area (Å²) in [6.07, 6.45) is 2.27. The second-order valence-electron chi connectivity index (χ2n) is 9.79. The first kappa shape index (κ1) is 23.4. The van der Waals surface area contributed by atoms with E-state index in [0.29, 0.717) is 50.4 Å². The third-order valence-corrected chi connectivity index (χ3v) is 9.41. The summed E-state index contributed by atoms with van der Waals surface area (Å²) in [7, 11) is -9.03. The maximum atomic E-state index is 13.8. The molecule has 1 aliphatic carbocycles. The molecule has 1 unspecified atom stereocenters. The lowest BCUT2D eigenvalue weighted by Crippen LogP contribution is -2.32. The minimum atomic E-state index is -4.52. The summed E-state index contributed by atoms with van der Waals surface area (Å²) >= 11 is 0. The van der Waals surface area contributed by atoms with Crippen molar-refractivity contribution in [2.45, 2.75) is 22.1 Å². The molecule has 0 fully saturated rings. The zero-order chi connectivity index (χ0) is 27.9. The molecule has 0 saturated heterocycles. The number of pyridine rings is 1. The van der Waals surface area contributed by atoms with Gasteiger partial charge < -0.3 is 0 Å². The van der Waals surface area contributed by atoms with Crippen LogP contribution in [0, 0.1) is 0 Å². The van der Waals surface area contributed by atoms with Gasteiger partial charge in [-0.25, -0.2) is 9.97 Å². The van der Waals surface area contributed by atoms with Crippen LogP contribution in [0.15, 0.2) is 63.1 Å². The molecule has 1 atom stereocenters. The Morgan fingerprint density at radius 3 is 2.15 bits per heavy atom. The molecule has 0 bridgehead atoms. The lowest BCUT2D eigenvalue weighted by molar-refractivity contribution is 0.0953. The first-order chi connectivity index (χ1) is 18.9.